The highest BCUT2D eigenvalue weighted by atomic mass is 16.1. The molecule has 0 aromatic carbocycles. The number of allylic oxidation sites excluding steroid dienone is 1. The third-order valence-electron chi connectivity index (χ3n) is 2.24. The Morgan fingerprint density at radius 3 is 2.21 bits per heavy atom. The van der Waals surface area contributed by atoms with Gasteiger partial charge in [0.15, 0.2) is 5.78 Å². The van der Waals surface area contributed by atoms with Crippen molar-refractivity contribution in [1.29, 1.82) is 0 Å². The van der Waals surface area contributed by atoms with Gasteiger partial charge in [-0.2, -0.15) is 0 Å². The maximum absolute atomic E-state index is 11.2. The zero-order valence-corrected chi connectivity index (χ0v) is 9.81. The summed E-state index contributed by atoms with van der Waals surface area (Å²) in [6.45, 7) is 6.57. The second-order valence-corrected chi connectivity index (χ2v) is 4.17. The van der Waals surface area contributed by atoms with Gasteiger partial charge in [-0.3, -0.25) is 4.79 Å². The van der Waals surface area contributed by atoms with Gasteiger partial charge in [0, 0.05) is 6.42 Å². The van der Waals surface area contributed by atoms with Gasteiger partial charge in [0.2, 0.25) is 0 Å². The van der Waals surface area contributed by atoms with Crippen LogP contribution in [0, 0.1) is 0 Å². The Morgan fingerprint density at radius 1 is 1.14 bits per heavy atom. The van der Waals surface area contributed by atoms with E-state index in [4.69, 9.17) is 0 Å². The smallest absolute Gasteiger partial charge is 0.157 e. The number of hydrogen-bond acceptors (Lipinski definition) is 2. The zero-order valence-electron chi connectivity index (χ0n) is 9.81. The molecule has 14 heavy (non-hydrogen) atoms. The minimum Gasteiger partial charge on any atom is -0.309 e. The molecule has 82 valence electrons. The van der Waals surface area contributed by atoms with Gasteiger partial charge in [-0.25, -0.2) is 0 Å². The predicted octanol–water partition coefficient (Wildman–Crippen LogP) is 2.64. The quantitative estimate of drug-likeness (QED) is 0.440. The number of carbonyl (C=O) groups excluding carboxylic acids is 1. The fourth-order valence-electron chi connectivity index (χ4n) is 1.28. The summed E-state index contributed by atoms with van der Waals surface area (Å²) in [4.78, 5) is 13.4. The Morgan fingerprint density at radius 2 is 1.71 bits per heavy atom. The molecule has 0 aromatic heterocycles. The highest BCUT2D eigenvalue weighted by Crippen LogP contribution is 2.06. The van der Waals surface area contributed by atoms with Gasteiger partial charge in [-0.1, -0.05) is 19.4 Å². The van der Waals surface area contributed by atoms with Crippen LogP contribution in [0.5, 0.6) is 0 Å². The normalized spacial score (nSPS) is 10.6. The van der Waals surface area contributed by atoms with E-state index in [1.165, 1.54) is 12.8 Å². The third-order valence-corrected chi connectivity index (χ3v) is 2.24. The Labute approximate surface area is 88.0 Å². The number of rotatable bonds is 8. The molecule has 0 aromatic rings. The van der Waals surface area contributed by atoms with Crippen LogP contribution in [-0.2, 0) is 4.79 Å². The van der Waals surface area contributed by atoms with E-state index in [-0.39, 0.29) is 5.78 Å². The second-order valence-electron chi connectivity index (χ2n) is 4.17. The van der Waals surface area contributed by atoms with Crippen molar-refractivity contribution in [1.82, 2.24) is 4.90 Å². The van der Waals surface area contributed by atoms with Crippen LogP contribution in [0.2, 0.25) is 0 Å². The van der Waals surface area contributed by atoms with Crippen molar-refractivity contribution in [2.75, 3.05) is 20.6 Å². The van der Waals surface area contributed by atoms with Crippen molar-refractivity contribution in [3.05, 3.63) is 12.2 Å². The molecule has 0 spiro atoms. The van der Waals surface area contributed by atoms with Crippen LogP contribution >= 0.6 is 0 Å². The van der Waals surface area contributed by atoms with Gasteiger partial charge in [0.1, 0.15) is 0 Å². The van der Waals surface area contributed by atoms with Crippen LogP contribution in [0.15, 0.2) is 12.2 Å². The summed E-state index contributed by atoms with van der Waals surface area (Å²) in [5, 5.41) is 0. The largest absolute Gasteiger partial charge is 0.309 e. The summed E-state index contributed by atoms with van der Waals surface area (Å²) < 4.78 is 0. The van der Waals surface area contributed by atoms with Crippen molar-refractivity contribution in [2.24, 2.45) is 0 Å². The summed E-state index contributed by atoms with van der Waals surface area (Å²) in [7, 11) is 4.18. The lowest BCUT2D eigenvalue weighted by Gasteiger charge is -2.08. The van der Waals surface area contributed by atoms with E-state index < -0.39 is 0 Å². The molecule has 0 saturated heterocycles. The molecule has 2 heteroatoms. The summed E-state index contributed by atoms with van der Waals surface area (Å²) in [6.07, 6.45) is 5.30. The maximum Gasteiger partial charge on any atom is 0.157 e. The Hall–Kier alpha value is -0.630. The Bertz CT molecular complexity index is 185. The molecule has 0 aliphatic rings. The van der Waals surface area contributed by atoms with Gasteiger partial charge in [-0.15, -0.1) is 0 Å². The van der Waals surface area contributed by atoms with E-state index in [9.17, 15) is 4.79 Å². The monoisotopic (exact) mass is 197 g/mol. The summed E-state index contributed by atoms with van der Waals surface area (Å²) in [5.41, 5.74) is 0.693. The maximum atomic E-state index is 11.2. The first kappa shape index (κ1) is 13.4. The second kappa shape index (κ2) is 7.74. The standard InChI is InChI=1S/C12H23NO/c1-11(2)12(14)9-7-5-6-8-10-13(3)4/h1,5-10H2,2-4H3. The SMILES string of the molecule is C=C(C)C(=O)CCCCCCN(C)C. The van der Waals surface area contributed by atoms with Gasteiger partial charge in [0.05, 0.1) is 0 Å². The molecule has 0 saturated carbocycles. The molecule has 0 unspecified atom stereocenters. The van der Waals surface area contributed by atoms with Crippen molar-refractivity contribution in [2.45, 2.75) is 39.0 Å². The average Bonchev–Trinajstić information content (AvgIpc) is 2.09. The molecule has 0 radical (unpaired) electrons. The lowest BCUT2D eigenvalue weighted by Crippen LogP contribution is -2.12. The van der Waals surface area contributed by atoms with E-state index in [1.54, 1.807) is 6.92 Å². The van der Waals surface area contributed by atoms with Crippen LogP contribution in [0.4, 0.5) is 0 Å². The molecule has 0 amide bonds. The first-order valence-corrected chi connectivity index (χ1v) is 5.37. The van der Waals surface area contributed by atoms with E-state index in [0.29, 0.717) is 12.0 Å². The van der Waals surface area contributed by atoms with E-state index >= 15 is 0 Å². The van der Waals surface area contributed by atoms with E-state index in [2.05, 4.69) is 25.6 Å². The van der Waals surface area contributed by atoms with Gasteiger partial charge in [-0.05, 0) is 46.0 Å². The molecule has 0 atom stereocenters. The van der Waals surface area contributed by atoms with E-state index in [1.807, 2.05) is 0 Å². The third kappa shape index (κ3) is 7.99. The van der Waals surface area contributed by atoms with Crippen LogP contribution in [0.1, 0.15) is 39.0 Å². The minimum atomic E-state index is 0.220. The van der Waals surface area contributed by atoms with Crippen LogP contribution in [0.3, 0.4) is 0 Å². The predicted molar refractivity (Wildman–Crippen MR) is 61.5 cm³/mol. The number of Topliss-reactive ketones (excluding diaryl/α,β-unsaturated/α-hetero) is 1. The number of unbranched alkanes of at least 4 members (excludes halogenated alkanes) is 3. The molecule has 0 bridgehead atoms. The first-order chi connectivity index (χ1) is 6.54. The molecule has 0 N–H and O–H groups in total. The highest BCUT2D eigenvalue weighted by Gasteiger charge is 2.01. The fraction of sp³-hybridized carbons (Fsp3) is 0.750. The van der Waals surface area contributed by atoms with Crippen molar-refractivity contribution < 1.29 is 4.79 Å². The molecule has 2 nitrogen and oxygen atoms in total. The Kier molecular flexibility index (Phi) is 7.40. The molecule has 0 aliphatic heterocycles. The van der Waals surface area contributed by atoms with Crippen LogP contribution in [-0.4, -0.2) is 31.3 Å². The number of hydrogen-bond donors (Lipinski definition) is 0. The number of nitrogens with zero attached hydrogens (tertiary/aromatic N) is 1. The molecular weight excluding hydrogens is 174 g/mol. The Balaban J connectivity index is 3.22. The lowest BCUT2D eigenvalue weighted by atomic mass is 10.1. The number of carbonyl (C=O) groups is 1. The summed E-state index contributed by atoms with van der Waals surface area (Å²) in [6, 6.07) is 0. The minimum absolute atomic E-state index is 0.220. The van der Waals surface area contributed by atoms with Gasteiger partial charge < -0.3 is 4.90 Å². The molecule has 0 heterocycles. The van der Waals surface area contributed by atoms with Gasteiger partial charge >= 0.3 is 0 Å². The topological polar surface area (TPSA) is 20.3 Å². The van der Waals surface area contributed by atoms with Crippen molar-refractivity contribution in [3.63, 3.8) is 0 Å². The lowest BCUT2D eigenvalue weighted by molar-refractivity contribution is -0.115. The summed E-state index contributed by atoms with van der Waals surface area (Å²) >= 11 is 0. The highest BCUT2D eigenvalue weighted by molar-refractivity contribution is 5.93. The van der Waals surface area contributed by atoms with Gasteiger partial charge in [0.25, 0.3) is 0 Å². The average molecular weight is 197 g/mol. The van der Waals surface area contributed by atoms with E-state index in [0.717, 1.165) is 19.4 Å². The first-order valence-electron chi connectivity index (χ1n) is 5.37. The molecular formula is C12H23NO. The molecule has 0 rings (SSSR count). The molecule has 0 aliphatic carbocycles. The fourth-order valence-corrected chi connectivity index (χ4v) is 1.28. The van der Waals surface area contributed by atoms with Crippen molar-refractivity contribution in [3.8, 4) is 0 Å². The molecule has 0 fully saturated rings. The zero-order chi connectivity index (χ0) is 11.0. The number of ketones is 1. The van der Waals surface area contributed by atoms with Crippen molar-refractivity contribution >= 4 is 5.78 Å². The van der Waals surface area contributed by atoms with Crippen LogP contribution < -0.4 is 0 Å². The van der Waals surface area contributed by atoms with Crippen LogP contribution in [0.25, 0.3) is 0 Å². The summed E-state index contributed by atoms with van der Waals surface area (Å²) in [5.74, 6) is 0.220.